The molecule has 2 unspecified atom stereocenters. The van der Waals surface area contributed by atoms with E-state index in [4.69, 9.17) is 24.2 Å². The normalized spacial score (nSPS) is 19.4. The van der Waals surface area contributed by atoms with Gasteiger partial charge in [0.05, 0.1) is 30.6 Å². The number of hydrogen-bond acceptors (Lipinski definition) is 10. The largest absolute Gasteiger partial charge is 0.468 e. The first-order chi connectivity index (χ1) is 22.5. The van der Waals surface area contributed by atoms with E-state index < -0.39 is 11.4 Å². The molecule has 246 valence electrons. The van der Waals surface area contributed by atoms with Gasteiger partial charge in [-0.05, 0) is 68.5 Å². The van der Waals surface area contributed by atoms with Crippen LogP contribution in [0.4, 0.5) is 21.0 Å². The van der Waals surface area contributed by atoms with Crippen LogP contribution < -0.4 is 14.5 Å². The average molecular weight is 643 g/mol. The van der Waals surface area contributed by atoms with E-state index in [-0.39, 0.29) is 55.1 Å². The van der Waals surface area contributed by atoms with Crippen LogP contribution in [0.2, 0.25) is 0 Å². The van der Waals surface area contributed by atoms with E-state index >= 15 is 4.39 Å². The third-order valence-electron chi connectivity index (χ3n) is 9.07. The zero-order valence-corrected chi connectivity index (χ0v) is 27.4. The zero-order valence-electron chi connectivity index (χ0n) is 27.4. The highest BCUT2D eigenvalue weighted by Gasteiger charge is 2.45. The summed E-state index contributed by atoms with van der Waals surface area (Å²) in [5, 5.41) is 2.26. The fourth-order valence-electron chi connectivity index (χ4n) is 6.98. The molecule has 12 heteroatoms. The van der Waals surface area contributed by atoms with Crippen LogP contribution in [0.15, 0.2) is 36.5 Å². The highest BCUT2D eigenvalue weighted by atomic mass is 19.1. The molecule has 7 rings (SSSR count). The molecule has 0 N–H and O–H groups in total. The number of fused-ring (bicyclic) bond motifs is 4. The first-order valence-corrected chi connectivity index (χ1v) is 16.1. The number of hydrogen-bond donors (Lipinski definition) is 0. The molecule has 1 amide bonds. The molecule has 4 aromatic rings. The summed E-state index contributed by atoms with van der Waals surface area (Å²) in [4.78, 5) is 45.1. The number of Topliss-reactive ketones (excluding diaryl/α,β-unsaturated/α-hetero) is 1. The summed E-state index contributed by atoms with van der Waals surface area (Å²) in [6.45, 7) is 9.06. The van der Waals surface area contributed by atoms with Crippen LogP contribution >= 0.6 is 0 Å². The van der Waals surface area contributed by atoms with Gasteiger partial charge in [-0.3, -0.25) is 14.7 Å². The summed E-state index contributed by atoms with van der Waals surface area (Å²) < 4.78 is 33.7. The molecule has 2 aromatic carbocycles. The number of piperazine rings is 1. The minimum absolute atomic E-state index is 0.0454. The smallest absolute Gasteiger partial charge is 0.410 e. The minimum atomic E-state index is -0.598. The number of nitrogens with zero attached hydrogens (tertiary/aromatic N) is 6. The van der Waals surface area contributed by atoms with Crippen LogP contribution in [-0.2, 0) is 20.7 Å². The maximum atomic E-state index is 17.0. The van der Waals surface area contributed by atoms with Gasteiger partial charge >= 0.3 is 6.09 Å². The van der Waals surface area contributed by atoms with Crippen molar-refractivity contribution in [3.05, 3.63) is 47.9 Å². The minimum Gasteiger partial charge on any atom is -0.468 e. The molecule has 3 aliphatic heterocycles. The van der Waals surface area contributed by atoms with Crippen molar-refractivity contribution in [3.63, 3.8) is 0 Å². The molecule has 0 spiro atoms. The first kappa shape index (κ1) is 31.0. The van der Waals surface area contributed by atoms with E-state index in [0.717, 1.165) is 35.6 Å². The van der Waals surface area contributed by atoms with Crippen molar-refractivity contribution in [1.29, 1.82) is 0 Å². The number of carbonyl (C=O) groups excluding carboxylic acids is 2. The monoisotopic (exact) mass is 642 g/mol. The number of carbonyl (C=O) groups is 2. The van der Waals surface area contributed by atoms with E-state index in [1.807, 2.05) is 49.9 Å². The van der Waals surface area contributed by atoms with Gasteiger partial charge in [0.15, 0.2) is 18.4 Å². The molecule has 3 fully saturated rings. The molecule has 47 heavy (non-hydrogen) atoms. The van der Waals surface area contributed by atoms with E-state index in [1.54, 1.807) is 24.3 Å². The number of pyridine rings is 1. The predicted octanol–water partition coefficient (Wildman–Crippen LogP) is 5.51. The molecule has 3 saturated heterocycles. The Kier molecular flexibility index (Phi) is 7.86. The molecule has 5 heterocycles. The van der Waals surface area contributed by atoms with Gasteiger partial charge in [-0.15, -0.1) is 0 Å². The lowest BCUT2D eigenvalue weighted by Crippen LogP contribution is -2.57. The number of amides is 1. The number of anilines is 2. The maximum absolute atomic E-state index is 17.0. The van der Waals surface area contributed by atoms with Crippen LogP contribution in [0.25, 0.3) is 32.9 Å². The number of benzene rings is 2. The van der Waals surface area contributed by atoms with Crippen molar-refractivity contribution in [3.8, 4) is 17.0 Å². The maximum Gasteiger partial charge on any atom is 0.410 e. The lowest BCUT2D eigenvalue weighted by molar-refractivity contribution is -0.119. The molecule has 2 aromatic heterocycles. The van der Waals surface area contributed by atoms with Crippen molar-refractivity contribution >= 4 is 45.3 Å². The van der Waals surface area contributed by atoms with E-state index in [1.165, 1.54) is 0 Å². The summed E-state index contributed by atoms with van der Waals surface area (Å²) >= 11 is 0. The number of halogens is 1. The zero-order chi connectivity index (χ0) is 33.0. The molecule has 0 radical (unpaired) electrons. The van der Waals surface area contributed by atoms with Gasteiger partial charge in [-0.25, -0.2) is 14.2 Å². The summed E-state index contributed by atoms with van der Waals surface area (Å²) in [5.41, 5.74) is 1.33. The fraction of sp³-hybridized carbons (Fsp3) is 0.457. The van der Waals surface area contributed by atoms with Gasteiger partial charge in [0.1, 0.15) is 28.4 Å². The molecule has 2 atom stereocenters. The average Bonchev–Trinajstić information content (AvgIpc) is 3.30. The van der Waals surface area contributed by atoms with Gasteiger partial charge in [0, 0.05) is 32.0 Å². The fourth-order valence-corrected chi connectivity index (χ4v) is 6.98. The lowest BCUT2D eigenvalue weighted by atomic mass is 9.95. The second-order valence-electron chi connectivity index (χ2n) is 13.5. The predicted molar refractivity (Wildman–Crippen MR) is 176 cm³/mol. The molecular formula is C35H39FN6O5. The Morgan fingerprint density at radius 2 is 1.81 bits per heavy atom. The Labute approximate surface area is 272 Å². The Morgan fingerprint density at radius 1 is 1.06 bits per heavy atom. The van der Waals surface area contributed by atoms with Crippen LogP contribution in [0.1, 0.15) is 46.1 Å². The van der Waals surface area contributed by atoms with E-state index in [2.05, 4.69) is 16.8 Å². The van der Waals surface area contributed by atoms with Gasteiger partial charge in [0.25, 0.3) is 0 Å². The number of rotatable bonds is 7. The van der Waals surface area contributed by atoms with Gasteiger partial charge in [-0.2, -0.15) is 4.98 Å². The van der Waals surface area contributed by atoms with Crippen LogP contribution in [0.3, 0.4) is 0 Å². The van der Waals surface area contributed by atoms with Crippen molar-refractivity contribution in [2.75, 3.05) is 49.9 Å². The van der Waals surface area contributed by atoms with Crippen molar-refractivity contribution in [2.45, 2.75) is 64.6 Å². The Hall–Kier alpha value is -4.58. The lowest BCUT2D eigenvalue weighted by Gasteiger charge is -2.42. The molecule has 0 aliphatic carbocycles. The van der Waals surface area contributed by atoms with Crippen LogP contribution in [-0.4, -0.2) is 89.5 Å². The SMILES string of the molecule is CCc1cccc2cc(OCOC)cc(-c3ncc4c(N5CC6CCC(C5)N6C(=O)OC(C)(C)C)nc(N5CC(=O)C5)nc4c3F)c12. The number of aryl methyl sites for hydroxylation is 1. The number of methoxy groups -OCH3 is 1. The third kappa shape index (κ3) is 5.68. The highest BCUT2D eigenvalue weighted by Crippen LogP contribution is 2.40. The third-order valence-corrected chi connectivity index (χ3v) is 9.07. The van der Waals surface area contributed by atoms with E-state index in [0.29, 0.717) is 41.6 Å². The number of ether oxygens (including phenoxy) is 3. The van der Waals surface area contributed by atoms with Crippen molar-refractivity contribution in [2.24, 2.45) is 0 Å². The molecule has 2 bridgehead atoms. The van der Waals surface area contributed by atoms with Crippen LogP contribution in [0.5, 0.6) is 5.75 Å². The Morgan fingerprint density at radius 3 is 2.47 bits per heavy atom. The van der Waals surface area contributed by atoms with Gasteiger partial charge in [-0.1, -0.05) is 25.1 Å². The Bertz CT molecular complexity index is 1870. The molecular weight excluding hydrogens is 603 g/mol. The molecule has 3 aliphatic rings. The van der Waals surface area contributed by atoms with E-state index in [9.17, 15) is 9.59 Å². The number of aromatic nitrogens is 3. The molecule has 11 nitrogen and oxygen atoms in total. The van der Waals surface area contributed by atoms with Gasteiger partial charge < -0.3 is 24.0 Å². The van der Waals surface area contributed by atoms with Crippen molar-refractivity contribution in [1.82, 2.24) is 19.9 Å². The Balaban J connectivity index is 1.34. The quantitative estimate of drug-likeness (QED) is 0.240. The standard InChI is InChI=1S/C35H39FN6O5/c1-6-20-8-7-9-21-12-25(46-19-45-5)13-26(28(20)21)30-29(36)31-27(14-37-30)32(39-33(38-31)41-17-24(43)18-41)40-15-22-10-11-23(16-40)42(22)34(44)47-35(2,3)4/h7-9,12-14,22-23H,6,10-11,15-19H2,1-5H3. The summed E-state index contributed by atoms with van der Waals surface area (Å²) in [5.74, 6) is 0.860. The summed E-state index contributed by atoms with van der Waals surface area (Å²) in [7, 11) is 1.55. The van der Waals surface area contributed by atoms with Crippen molar-refractivity contribution < 1.29 is 28.2 Å². The van der Waals surface area contributed by atoms with Gasteiger partial charge in [0.2, 0.25) is 5.95 Å². The topological polar surface area (TPSA) is 110 Å². The summed E-state index contributed by atoms with van der Waals surface area (Å²) in [6.07, 6.45) is 3.74. The first-order valence-electron chi connectivity index (χ1n) is 16.1. The number of ketones is 1. The molecule has 0 saturated carbocycles. The highest BCUT2D eigenvalue weighted by molar-refractivity contribution is 6.02. The summed E-state index contributed by atoms with van der Waals surface area (Å²) in [6, 6.07) is 9.54. The second kappa shape index (κ2) is 11.9. The van der Waals surface area contributed by atoms with Crippen LogP contribution in [0, 0.1) is 5.82 Å². The second-order valence-corrected chi connectivity index (χ2v) is 13.5.